The van der Waals surface area contributed by atoms with Crippen molar-refractivity contribution in [3.05, 3.63) is 59.7 Å². The van der Waals surface area contributed by atoms with Gasteiger partial charge in [0.05, 0.1) is 17.6 Å². The molecule has 0 unspecified atom stereocenters. The quantitative estimate of drug-likeness (QED) is 0.862. The molecule has 0 aliphatic heterocycles. The number of sulfonamides is 1. The zero-order chi connectivity index (χ0) is 17.8. The van der Waals surface area contributed by atoms with Crippen molar-refractivity contribution in [2.75, 3.05) is 13.7 Å². The molecule has 0 saturated heterocycles. The second-order valence-corrected chi connectivity index (χ2v) is 6.79. The van der Waals surface area contributed by atoms with E-state index in [1.54, 1.807) is 24.3 Å². The van der Waals surface area contributed by atoms with Gasteiger partial charge in [0.1, 0.15) is 5.75 Å². The third-order valence-electron chi connectivity index (χ3n) is 3.34. The van der Waals surface area contributed by atoms with Crippen molar-refractivity contribution >= 4 is 10.0 Å². The summed E-state index contributed by atoms with van der Waals surface area (Å²) in [6, 6.07) is 10.7. The van der Waals surface area contributed by atoms with E-state index in [-0.39, 0.29) is 6.54 Å². The van der Waals surface area contributed by atoms with Crippen LogP contribution in [0.2, 0.25) is 0 Å². The second-order valence-electron chi connectivity index (χ2n) is 5.02. The first-order valence-corrected chi connectivity index (χ1v) is 8.50. The average Bonchev–Trinajstić information content (AvgIpc) is 2.55. The predicted octanol–water partition coefficient (Wildman–Crippen LogP) is 3.24. The Morgan fingerprint density at radius 1 is 1.08 bits per heavy atom. The SMILES string of the molecule is COc1ccc(CCNS(=O)(=O)c2cccc(C(F)(F)F)c2)cc1. The summed E-state index contributed by atoms with van der Waals surface area (Å²) in [5, 5.41) is 0. The van der Waals surface area contributed by atoms with Gasteiger partial charge in [-0.25, -0.2) is 13.1 Å². The van der Waals surface area contributed by atoms with E-state index in [1.165, 1.54) is 7.11 Å². The number of alkyl halides is 3. The maximum Gasteiger partial charge on any atom is 0.416 e. The lowest BCUT2D eigenvalue weighted by Gasteiger charge is -2.10. The van der Waals surface area contributed by atoms with E-state index in [0.717, 1.165) is 23.8 Å². The van der Waals surface area contributed by atoms with Crippen molar-refractivity contribution in [1.82, 2.24) is 4.72 Å². The van der Waals surface area contributed by atoms with E-state index in [2.05, 4.69) is 4.72 Å². The van der Waals surface area contributed by atoms with Crippen LogP contribution in [0.25, 0.3) is 0 Å². The van der Waals surface area contributed by atoms with Gasteiger partial charge in [0.25, 0.3) is 0 Å². The highest BCUT2D eigenvalue weighted by molar-refractivity contribution is 7.89. The van der Waals surface area contributed by atoms with Crippen molar-refractivity contribution < 1.29 is 26.3 Å². The summed E-state index contributed by atoms with van der Waals surface area (Å²) >= 11 is 0. The van der Waals surface area contributed by atoms with E-state index in [1.807, 2.05) is 0 Å². The molecule has 0 amide bonds. The molecule has 2 rings (SSSR count). The third-order valence-corrected chi connectivity index (χ3v) is 4.80. The fourth-order valence-corrected chi connectivity index (χ4v) is 3.12. The molecular weight excluding hydrogens is 343 g/mol. The van der Waals surface area contributed by atoms with Gasteiger partial charge in [-0.05, 0) is 42.3 Å². The number of hydrogen-bond acceptors (Lipinski definition) is 3. The molecule has 0 spiro atoms. The Bertz CT molecular complexity index is 787. The minimum absolute atomic E-state index is 0.0743. The number of nitrogens with one attached hydrogen (secondary N) is 1. The van der Waals surface area contributed by atoms with Crippen LogP contribution in [0.15, 0.2) is 53.4 Å². The molecule has 0 heterocycles. The molecule has 0 saturated carbocycles. The lowest BCUT2D eigenvalue weighted by molar-refractivity contribution is -0.137. The van der Waals surface area contributed by atoms with Crippen molar-refractivity contribution in [1.29, 1.82) is 0 Å². The van der Waals surface area contributed by atoms with Crippen LogP contribution in [-0.2, 0) is 22.6 Å². The van der Waals surface area contributed by atoms with E-state index >= 15 is 0 Å². The summed E-state index contributed by atoms with van der Waals surface area (Å²) in [6.07, 6.45) is -4.18. The predicted molar refractivity (Wildman–Crippen MR) is 83.3 cm³/mol. The van der Waals surface area contributed by atoms with Crippen molar-refractivity contribution in [3.8, 4) is 5.75 Å². The largest absolute Gasteiger partial charge is 0.497 e. The second kappa shape index (κ2) is 7.23. The highest BCUT2D eigenvalue weighted by atomic mass is 32.2. The van der Waals surface area contributed by atoms with Gasteiger partial charge in [0, 0.05) is 6.54 Å². The molecule has 0 bridgehead atoms. The van der Waals surface area contributed by atoms with Crippen molar-refractivity contribution in [3.63, 3.8) is 0 Å². The summed E-state index contributed by atoms with van der Waals surface area (Å²) < 4.78 is 69.5. The Kier molecular flexibility index (Phi) is 5.51. The van der Waals surface area contributed by atoms with Gasteiger partial charge >= 0.3 is 6.18 Å². The molecule has 0 aromatic heterocycles. The molecular formula is C16H16F3NO3S. The summed E-state index contributed by atoms with van der Waals surface area (Å²) in [5.41, 5.74) is -0.122. The number of benzene rings is 2. The molecule has 0 atom stereocenters. The molecule has 0 fully saturated rings. The smallest absolute Gasteiger partial charge is 0.416 e. The topological polar surface area (TPSA) is 55.4 Å². The summed E-state index contributed by atoms with van der Waals surface area (Å²) in [4.78, 5) is -0.410. The Balaban J connectivity index is 2.03. The van der Waals surface area contributed by atoms with Crippen LogP contribution in [0.1, 0.15) is 11.1 Å². The Hall–Kier alpha value is -2.06. The van der Waals surface area contributed by atoms with Crippen LogP contribution in [0.5, 0.6) is 5.75 Å². The fourth-order valence-electron chi connectivity index (χ4n) is 2.04. The van der Waals surface area contributed by atoms with Crippen LogP contribution in [0.4, 0.5) is 13.2 Å². The van der Waals surface area contributed by atoms with Crippen LogP contribution >= 0.6 is 0 Å². The molecule has 0 radical (unpaired) electrons. The maximum absolute atomic E-state index is 12.7. The zero-order valence-electron chi connectivity index (χ0n) is 12.8. The molecule has 2 aromatic rings. The Morgan fingerprint density at radius 2 is 1.75 bits per heavy atom. The minimum atomic E-state index is -4.59. The zero-order valence-corrected chi connectivity index (χ0v) is 13.6. The molecule has 1 N–H and O–H groups in total. The Morgan fingerprint density at radius 3 is 2.33 bits per heavy atom. The molecule has 130 valence electrons. The van der Waals surface area contributed by atoms with Gasteiger partial charge in [0.15, 0.2) is 0 Å². The lowest BCUT2D eigenvalue weighted by atomic mass is 10.1. The maximum atomic E-state index is 12.7. The third kappa shape index (κ3) is 4.72. The van der Waals surface area contributed by atoms with E-state index in [9.17, 15) is 21.6 Å². The summed E-state index contributed by atoms with van der Waals surface area (Å²) in [5.74, 6) is 0.684. The molecule has 8 heteroatoms. The highest BCUT2D eigenvalue weighted by Crippen LogP contribution is 2.30. The highest BCUT2D eigenvalue weighted by Gasteiger charge is 2.31. The molecule has 0 aliphatic rings. The average molecular weight is 359 g/mol. The van der Waals surface area contributed by atoms with E-state index < -0.39 is 26.7 Å². The molecule has 4 nitrogen and oxygen atoms in total. The Labute approximate surface area is 138 Å². The first-order valence-electron chi connectivity index (χ1n) is 7.02. The first kappa shape index (κ1) is 18.3. The fraction of sp³-hybridized carbons (Fsp3) is 0.250. The number of methoxy groups -OCH3 is 1. The lowest BCUT2D eigenvalue weighted by Crippen LogP contribution is -2.26. The van der Waals surface area contributed by atoms with Gasteiger partial charge < -0.3 is 4.74 Å². The van der Waals surface area contributed by atoms with Gasteiger partial charge in [-0.15, -0.1) is 0 Å². The standard InChI is InChI=1S/C16H16F3NO3S/c1-23-14-7-5-12(6-8-14)9-10-20-24(21,22)15-4-2-3-13(11-15)16(17,18)19/h2-8,11,20H,9-10H2,1H3. The van der Waals surface area contributed by atoms with Gasteiger partial charge in [-0.2, -0.15) is 13.2 Å². The molecule has 0 aliphatic carbocycles. The monoisotopic (exact) mass is 359 g/mol. The molecule has 24 heavy (non-hydrogen) atoms. The van der Waals surface area contributed by atoms with Gasteiger partial charge in [-0.1, -0.05) is 18.2 Å². The van der Waals surface area contributed by atoms with Crippen molar-refractivity contribution in [2.24, 2.45) is 0 Å². The van der Waals surface area contributed by atoms with Gasteiger partial charge in [-0.3, -0.25) is 0 Å². The number of ether oxygens (including phenoxy) is 1. The minimum Gasteiger partial charge on any atom is -0.497 e. The van der Waals surface area contributed by atoms with Crippen LogP contribution in [0, 0.1) is 0 Å². The first-order chi connectivity index (χ1) is 11.2. The number of hydrogen-bond donors (Lipinski definition) is 1. The van der Waals surface area contributed by atoms with Crippen molar-refractivity contribution in [2.45, 2.75) is 17.5 Å². The van der Waals surface area contributed by atoms with Crippen LogP contribution in [-0.4, -0.2) is 22.1 Å². The van der Waals surface area contributed by atoms with E-state index in [0.29, 0.717) is 18.2 Å². The van der Waals surface area contributed by atoms with Gasteiger partial charge in [0.2, 0.25) is 10.0 Å². The number of rotatable bonds is 6. The van der Waals surface area contributed by atoms with E-state index in [4.69, 9.17) is 4.74 Å². The van der Waals surface area contributed by atoms with Crippen LogP contribution < -0.4 is 9.46 Å². The van der Waals surface area contributed by atoms with Crippen LogP contribution in [0.3, 0.4) is 0 Å². The number of halogens is 3. The summed E-state index contributed by atoms with van der Waals surface area (Å²) in [6.45, 7) is 0.0743. The summed E-state index contributed by atoms with van der Waals surface area (Å²) in [7, 11) is -2.46. The normalized spacial score (nSPS) is 12.2. The molecule has 2 aromatic carbocycles.